The smallest absolute Gasteiger partial charge is 0.303 e. The van der Waals surface area contributed by atoms with Crippen LogP contribution in [0.4, 0.5) is 0 Å². The van der Waals surface area contributed by atoms with Gasteiger partial charge in [0.2, 0.25) is 0 Å². The van der Waals surface area contributed by atoms with Crippen molar-refractivity contribution in [3.8, 4) is 0 Å². The molecule has 0 amide bonds. The maximum Gasteiger partial charge on any atom is 0.303 e. The molecule has 0 radical (unpaired) electrons. The molecule has 0 bridgehead atoms. The maximum atomic E-state index is 12.1. The number of carbonyl (C=O) groups excluding carboxylic acids is 1. The first-order valence-corrected chi connectivity index (χ1v) is 9.76. The lowest BCUT2D eigenvalue weighted by Crippen LogP contribution is -2.18. The van der Waals surface area contributed by atoms with Crippen molar-refractivity contribution in [3.63, 3.8) is 0 Å². The van der Waals surface area contributed by atoms with Crippen molar-refractivity contribution >= 4 is 11.8 Å². The van der Waals surface area contributed by atoms with Gasteiger partial charge in [-0.1, -0.05) is 63.2 Å². The van der Waals surface area contributed by atoms with Gasteiger partial charge in [-0.15, -0.1) is 0 Å². The second-order valence-corrected chi connectivity index (χ2v) is 7.21. The van der Waals surface area contributed by atoms with E-state index in [0.29, 0.717) is 6.42 Å². The number of aliphatic hydroxyl groups is 1. The normalized spacial score (nSPS) is 21.7. The molecule has 0 aliphatic heterocycles. The number of allylic oxidation sites excluding steroid dienone is 3. The van der Waals surface area contributed by atoms with E-state index in [1.54, 1.807) is 6.08 Å². The van der Waals surface area contributed by atoms with E-state index in [4.69, 9.17) is 5.11 Å². The highest BCUT2D eigenvalue weighted by atomic mass is 16.4. The third kappa shape index (κ3) is 8.48. The van der Waals surface area contributed by atoms with Gasteiger partial charge in [0.05, 0.1) is 6.10 Å². The summed E-state index contributed by atoms with van der Waals surface area (Å²) < 4.78 is 0. The van der Waals surface area contributed by atoms with Crippen molar-refractivity contribution in [1.29, 1.82) is 0 Å². The Hall–Kier alpha value is -1.42. The number of carboxylic acids is 1. The highest BCUT2D eigenvalue weighted by Gasteiger charge is 2.30. The molecule has 0 aromatic heterocycles. The van der Waals surface area contributed by atoms with E-state index < -0.39 is 12.1 Å². The largest absolute Gasteiger partial charge is 0.481 e. The zero-order chi connectivity index (χ0) is 18.7. The molecule has 1 rings (SSSR count). The van der Waals surface area contributed by atoms with Crippen LogP contribution in [0.25, 0.3) is 0 Å². The van der Waals surface area contributed by atoms with E-state index in [9.17, 15) is 14.7 Å². The molecule has 2 N–H and O–H groups in total. The SMILES string of the molecule is CCCCCC(O)/C=C(\C)[C@H]1C=CC(=O)[C@@H]1CCCCCCC(=O)O. The molecule has 1 aliphatic rings. The fraction of sp³-hybridized carbons (Fsp3) is 0.714. The predicted molar refractivity (Wildman–Crippen MR) is 100 cm³/mol. The molecule has 25 heavy (non-hydrogen) atoms. The third-order valence-corrected chi connectivity index (χ3v) is 5.01. The Balaban J connectivity index is 2.42. The van der Waals surface area contributed by atoms with Crippen molar-refractivity contribution in [2.24, 2.45) is 11.8 Å². The van der Waals surface area contributed by atoms with Crippen LogP contribution >= 0.6 is 0 Å². The van der Waals surface area contributed by atoms with Crippen LogP contribution in [-0.2, 0) is 9.59 Å². The molecule has 0 saturated carbocycles. The van der Waals surface area contributed by atoms with Gasteiger partial charge in [-0.25, -0.2) is 0 Å². The lowest BCUT2D eigenvalue weighted by atomic mass is 9.84. The van der Waals surface area contributed by atoms with Crippen molar-refractivity contribution in [2.45, 2.75) is 84.2 Å². The quantitative estimate of drug-likeness (QED) is 0.374. The fourth-order valence-electron chi connectivity index (χ4n) is 3.52. The monoisotopic (exact) mass is 350 g/mol. The average molecular weight is 350 g/mol. The first kappa shape index (κ1) is 21.6. The van der Waals surface area contributed by atoms with Crippen LogP contribution in [0.5, 0.6) is 0 Å². The van der Waals surface area contributed by atoms with Crippen LogP contribution in [0.2, 0.25) is 0 Å². The molecule has 0 saturated heterocycles. The minimum atomic E-state index is -0.742. The number of ketones is 1. The van der Waals surface area contributed by atoms with E-state index in [2.05, 4.69) is 6.92 Å². The molecule has 142 valence electrons. The first-order chi connectivity index (χ1) is 12.0. The molecular weight excluding hydrogens is 316 g/mol. The highest BCUT2D eigenvalue weighted by Crippen LogP contribution is 2.33. The van der Waals surface area contributed by atoms with E-state index in [1.807, 2.05) is 19.1 Å². The molecule has 0 aromatic carbocycles. The summed E-state index contributed by atoms with van der Waals surface area (Å²) in [6.45, 7) is 4.16. The number of carbonyl (C=O) groups is 2. The Kier molecular flexibility index (Phi) is 10.4. The highest BCUT2D eigenvalue weighted by molar-refractivity contribution is 5.95. The number of aliphatic hydroxyl groups excluding tert-OH is 1. The lowest BCUT2D eigenvalue weighted by Gasteiger charge is -2.20. The number of carboxylic acid groups (broad SMARTS) is 1. The molecule has 0 heterocycles. The number of hydrogen-bond acceptors (Lipinski definition) is 3. The Morgan fingerprint density at radius 1 is 1.20 bits per heavy atom. The van der Waals surface area contributed by atoms with Gasteiger partial charge in [-0.2, -0.15) is 0 Å². The predicted octanol–water partition coefficient (Wildman–Crippen LogP) is 4.67. The van der Waals surface area contributed by atoms with E-state index >= 15 is 0 Å². The van der Waals surface area contributed by atoms with Crippen molar-refractivity contribution in [3.05, 3.63) is 23.8 Å². The standard InChI is InChI=1S/C21H34O4/c1-3-4-7-10-17(22)15-16(2)18-13-14-20(23)19(18)11-8-5-6-9-12-21(24)25/h13-15,17-19,22H,3-12H2,1-2H3,(H,24,25)/b16-15+/t17?,18-,19-/m1/s1. The summed E-state index contributed by atoms with van der Waals surface area (Å²) in [6.07, 6.45) is 13.8. The van der Waals surface area contributed by atoms with E-state index in [0.717, 1.165) is 56.9 Å². The van der Waals surface area contributed by atoms with Gasteiger partial charge in [-0.05, 0) is 32.3 Å². The van der Waals surface area contributed by atoms with Crippen LogP contribution in [0.1, 0.15) is 78.1 Å². The molecule has 0 spiro atoms. The molecule has 1 unspecified atom stereocenters. The van der Waals surface area contributed by atoms with E-state index in [1.165, 1.54) is 0 Å². The molecule has 4 heteroatoms. The summed E-state index contributed by atoms with van der Waals surface area (Å²) >= 11 is 0. The Morgan fingerprint density at radius 3 is 2.60 bits per heavy atom. The molecule has 0 fully saturated rings. The Labute approximate surface area is 152 Å². The number of aliphatic carboxylic acids is 1. The Bertz CT molecular complexity index is 478. The zero-order valence-electron chi connectivity index (χ0n) is 15.7. The van der Waals surface area contributed by atoms with Crippen molar-refractivity contribution in [1.82, 2.24) is 0 Å². The van der Waals surface area contributed by atoms with Gasteiger partial charge in [0.25, 0.3) is 0 Å². The molecule has 3 atom stereocenters. The van der Waals surface area contributed by atoms with Crippen LogP contribution in [0.3, 0.4) is 0 Å². The molecule has 0 aromatic rings. The fourth-order valence-corrected chi connectivity index (χ4v) is 3.52. The summed E-state index contributed by atoms with van der Waals surface area (Å²) in [7, 11) is 0. The molecule has 1 aliphatic carbocycles. The van der Waals surface area contributed by atoms with Crippen LogP contribution in [0.15, 0.2) is 23.8 Å². The second-order valence-electron chi connectivity index (χ2n) is 7.21. The summed E-state index contributed by atoms with van der Waals surface area (Å²) in [5.41, 5.74) is 1.09. The van der Waals surface area contributed by atoms with E-state index in [-0.39, 0.29) is 24.0 Å². The third-order valence-electron chi connectivity index (χ3n) is 5.01. The van der Waals surface area contributed by atoms with Gasteiger partial charge < -0.3 is 10.2 Å². The first-order valence-electron chi connectivity index (χ1n) is 9.76. The maximum absolute atomic E-state index is 12.1. The van der Waals surface area contributed by atoms with Crippen LogP contribution in [-0.4, -0.2) is 28.1 Å². The number of unbranched alkanes of at least 4 members (excludes halogenated alkanes) is 5. The van der Waals surface area contributed by atoms with Gasteiger partial charge >= 0.3 is 5.97 Å². The lowest BCUT2D eigenvalue weighted by molar-refractivity contribution is -0.137. The number of hydrogen-bond donors (Lipinski definition) is 2. The van der Waals surface area contributed by atoms with Crippen LogP contribution < -0.4 is 0 Å². The topological polar surface area (TPSA) is 74.6 Å². The average Bonchev–Trinajstić information content (AvgIpc) is 2.91. The molecular formula is C21H34O4. The van der Waals surface area contributed by atoms with Gasteiger partial charge in [0.1, 0.15) is 0 Å². The molecule has 4 nitrogen and oxygen atoms in total. The zero-order valence-corrected chi connectivity index (χ0v) is 15.7. The minimum absolute atomic E-state index is 0.0152. The van der Waals surface area contributed by atoms with Gasteiger partial charge in [-0.3, -0.25) is 9.59 Å². The second kappa shape index (κ2) is 12.0. The summed E-state index contributed by atoms with van der Waals surface area (Å²) in [4.78, 5) is 22.6. The summed E-state index contributed by atoms with van der Waals surface area (Å²) in [5, 5.41) is 18.8. The minimum Gasteiger partial charge on any atom is -0.481 e. The van der Waals surface area contributed by atoms with Gasteiger partial charge in [0.15, 0.2) is 5.78 Å². The summed E-state index contributed by atoms with van der Waals surface area (Å²) in [6, 6.07) is 0. The van der Waals surface area contributed by atoms with Gasteiger partial charge in [0, 0.05) is 18.3 Å². The van der Waals surface area contributed by atoms with Crippen LogP contribution in [0, 0.1) is 11.8 Å². The number of rotatable bonds is 13. The van der Waals surface area contributed by atoms with Crippen molar-refractivity contribution in [2.75, 3.05) is 0 Å². The van der Waals surface area contributed by atoms with Crippen molar-refractivity contribution < 1.29 is 19.8 Å². The summed E-state index contributed by atoms with van der Waals surface area (Å²) in [5.74, 6) is -0.469. The Morgan fingerprint density at radius 2 is 1.92 bits per heavy atom.